The SMILES string of the molecule is CC(C(=O)O)C(C)C(=O)Nc1cc(Cl)cc2cccnc12. The van der Waals surface area contributed by atoms with Crippen molar-refractivity contribution in [3.05, 3.63) is 35.5 Å². The second kappa shape index (κ2) is 6.10. The molecule has 1 aromatic heterocycles. The summed E-state index contributed by atoms with van der Waals surface area (Å²) in [7, 11) is 0. The number of aliphatic carboxylic acids is 1. The van der Waals surface area contributed by atoms with Crippen molar-refractivity contribution in [2.75, 3.05) is 5.32 Å². The van der Waals surface area contributed by atoms with E-state index in [1.165, 1.54) is 6.92 Å². The van der Waals surface area contributed by atoms with Crippen LogP contribution < -0.4 is 5.32 Å². The molecule has 2 atom stereocenters. The summed E-state index contributed by atoms with van der Waals surface area (Å²) in [5.74, 6) is -2.82. The highest BCUT2D eigenvalue weighted by Crippen LogP contribution is 2.27. The maximum Gasteiger partial charge on any atom is 0.307 e. The average molecular weight is 307 g/mol. The Morgan fingerprint density at radius 2 is 2.00 bits per heavy atom. The number of fused-ring (bicyclic) bond motifs is 1. The molecule has 0 radical (unpaired) electrons. The molecule has 6 heteroatoms. The maximum absolute atomic E-state index is 12.2. The van der Waals surface area contributed by atoms with Crippen molar-refractivity contribution in [1.29, 1.82) is 0 Å². The molecule has 0 aliphatic carbocycles. The van der Waals surface area contributed by atoms with E-state index in [0.717, 1.165) is 5.39 Å². The third-order valence-corrected chi connectivity index (χ3v) is 3.70. The molecule has 110 valence electrons. The van der Waals surface area contributed by atoms with Gasteiger partial charge in [-0.15, -0.1) is 0 Å². The predicted molar refractivity (Wildman–Crippen MR) is 81.3 cm³/mol. The van der Waals surface area contributed by atoms with Gasteiger partial charge >= 0.3 is 5.97 Å². The van der Waals surface area contributed by atoms with Gasteiger partial charge in [-0.2, -0.15) is 0 Å². The molecule has 0 spiro atoms. The summed E-state index contributed by atoms with van der Waals surface area (Å²) in [6, 6.07) is 6.97. The lowest BCUT2D eigenvalue weighted by molar-refractivity contribution is -0.145. The number of nitrogens with zero attached hydrogens (tertiary/aromatic N) is 1. The van der Waals surface area contributed by atoms with Crippen LogP contribution in [0.15, 0.2) is 30.5 Å². The summed E-state index contributed by atoms with van der Waals surface area (Å²) in [5.41, 5.74) is 1.10. The number of carboxylic acid groups (broad SMARTS) is 1. The summed E-state index contributed by atoms with van der Waals surface area (Å²) in [6.07, 6.45) is 1.62. The van der Waals surface area contributed by atoms with Crippen LogP contribution in [0.4, 0.5) is 5.69 Å². The lowest BCUT2D eigenvalue weighted by atomic mass is 9.95. The predicted octanol–water partition coefficient (Wildman–Crippen LogP) is 3.18. The lowest BCUT2D eigenvalue weighted by Gasteiger charge is -2.16. The first kappa shape index (κ1) is 15.3. The first-order valence-electron chi connectivity index (χ1n) is 6.48. The molecule has 2 aromatic rings. The topological polar surface area (TPSA) is 79.3 Å². The molecule has 0 aliphatic rings. The molecule has 5 nitrogen and oxygen atoms in total. The van der Waals surface area contributed by atoms with Crippen LogP contribution in [-0.2, 0) is 9.59 Å². The van der Waals surface area contributed by atoms with E-state index in [1.54, 1.807) is 31.3 Å². The molecule has 0 saturated carbocycles. The average Bonchev–Trinajstić information content (AvgIpc) is 2.45. The lowest BCUT2D eigenvalue weighted by Crippen LogP contribution is -2.30. The number of rotatable bonds is 4. The van der Waals surface area contributed by atoms with Crippen LogP contribution in [0.5, 0.6) is 0 Å². The van der Waals surface area contributed by atoms with Crippen molar-refractivity contribution in [2.24, 2.45) is 11.8 Å². The fraction of sp³-hybridized carbons (Fsp3) is 0.267. The highest BCUT2D eigenvalue weighted by atomic mass is 35.5. The van der Waals surface area contributed by atoms with Crippen LogP contribution in [0.25, 0.3) is 10.9 Å². The van der Waals surface area contributed by atoms with Gasteiger partial charge in [-0.25, -0.2) is 0 Å². The Bertz CT molecular complexity index is 702. The Morgan fingerprint density at radius 3 is 2.67 bits per heavy atom. The molecule has 2 rings (SSSR count). The highest BCUT2D eigenvalue weighted by molar-refractivity contribution is 6.32. The summed E-state index contributed by atoms with van der Waals surface area (Å²) < 4.78 is 0. The van der Waals surface area contributed by atoms with Crippen molar-refractivity contribution < 1.29 is 14.7 Å². The van der Waals surface area contributed by atoms with E-state index >= 15 is 0 Å². The minimum absolute atomic E-state index is 0.376. The van der Waals surface area contributed by atoms with Gasteiger partial charge in [0, 0.05) is 22.5 Å². The number of pyridine rings is 1. The molecule has 2 N–H and O–H groups in total. The molecule has 2 unspecified atom stereocenters. The summed E-state index contributed by atoms with van der Waals surface area (Å²) in [6.45, 7) is 3.08. The van der Waals surface area contributed by atoms with Crippen LogP contribution in [0, 0.1) is 11.8 Å². The van der Waals surface area contributed by atoms with Crippen LogP contribution in [-0.4, -0.2) is 22.0 Å². The van der Waals surface area contributed by atoms with E-state index in [9.17, 15) is 9.59 Å². The first-order chi connectivity index (χ1) is 9.90. The Kier molecular flexibility index (Phi) is 4.43. The number of carbonyl (C=O) groups excluding carboxylic acids is 1. The van der Waals surface area contributed by atoms with Crippen molar-refractivity contribution in [2.45, 2.75) is 13.8 Å². The van der Waals surface area contributed by atoms with Gasteiger partial charge in [-0.05, 0) is 18.2 Å². The van der Waals surface area contributed by atoms with E-state index in [1.807, 2.05) is 6.07 Å². The number of hydrogen-bond acceptors (Lipinski definition) is 3. The summed E-state index contributed by atoms with van der Waals surface area (Å²) in [4.78, 5) is 27.3. The number of anilines is 1. The quantitative estimate of drug-likeness (QED) is 0.909. The minimum atomic E-state index is -1.01. The standard InChI is InChI=1S/C15H15ClN2O3/c1-8(9(2)15(20)21)14(19)18-12-7-11(16)6-10-4-3-5-17-13(10)12/h3-9H,1-2H3,(H,18,19)(H,20,21). The van der Waals surface area contributed by atoms with Gasteiger partial charge in [0.05, 0.1) is 17.1 Å². The van der Waals surface area contributed by atoms with Crippen molar-refractivity contribution in [1.82, 2.24) is 4.98 Å². The second-order valence-corrected chi connectivity index (χ2v) is 5.37. The van der Waals surface area contributed by atoms with Gasteiger partial charge in [0.2, 0.25) is 5.91 Å². The normalized spacial score (nSPS) is 13.7. The number of aromatic nitrogens is 1. The Morgan fingerprint density at radius 1 is 1.29 bits per heavy atom. The monoisotopic (exact) mass is 306 g/mol. The number of benzene rings is 1. The van der Waals surface area contributed by atoms with Crippen molar-refractivity contribution >= 4 is 40.1 Å². The number of hydrogen-bond donors (Lipinski definition) is 2. The Balaban J connectivity index is 2.31. The van der Waals surface area contributed by atoms with Crippen LogP contribution in [0.1, 0.15) is 13.8 Å². The van der Waals surface area contributed by atoms with Crippen LogP contribution in [0.3, 0.4) is 0 Å². The van der Waals surface area contributed by atoms with Gasteiger partial charge < -0.3 is 10.4 Å². The van der Waals surface area contributed by atoms with Gasteiger partial charge in [0.1, 0.15) is 0 Å². The van der Waals surface area contributed by atoms with Gasteiger partial charge in [-0.1, -0.05) is 31.5 Å². The van der Waals surface area contributed by atoms with Crippen LogP contribution >= 0.6 is 11.6 Å². The van der Waals surface area contributed by atoms with Crippen molar-refractivity contribution in [3.63, 3.8) is 0 Å². The number of carbonyl (C=O) groups is 2. The van der Waals surface area contributed by atoms with E-state index in [4.69, 9.17) is 16.7 Å². The smallest absolute Gasteiger partial charge is 0.307 e. The molecule has 0 fully saturated rings. The molecule has 0 saturated heterocycles. The Labute approximate surface area is 126 Å². The van der Waals surface area contributed by atoms with Crippen molar-refractivity contribution in [3.8, 4) is 0 Å². The molecule has 0 aliphatic heterocycles. The third-order valence-electron chi connectivity index (χ3n) is 3.48. The molecule has 21 heavy (non-hydrogen) atoms. The molecule has 1 aromatic carbocycles. The van der Waals surface area contributed by atoms with E-state index < -0.39 is 17.8 Å². The number of nitrogens with one attached hydrogen (secondary N) is 1. The number of carboxylic acids is 1. The van der Waals surface area contributed by atoms with Gasteiger partial charge in [-0.3, -0.25) is 14.6 Å². The zero-order chi connectivity index (χ0) is 15.6. The summed E-state index contributed by atoms with van der Waals surface area (Å²) >= 11 is 6.03. The minimum Gasteiger partial charge on any atom is -0.481 e. The fourth-order valence-corrected chi connectivity index (χ4v) is 2.17. The zero-order valence-corrected chi connectivity index (χ0v) is 12.4. The third kappa shape index (κ3) is 3.31. The summed E-state index contributed by atoms with van der Waals surface area (Å²) in [5, 5.41) is 13.0. The molecule has 1 amide bonds. The largest absolute Gasteiger partial charge is 0.481 e. The van der Waals surface area contributed by atoms with E-state index in [2.05, 4.69) is 10.3 Å². The molecule has 1 heterocycles. The van der Waals surface area contributed by atoms with Crippen LogP contribution in [0.2, 0.25) is 5.02 Å². The molecule has 0 bridgehead atoms. The van der Waals surface area contributed by atoms with Gasteiger partial charge in [0.25, 0.3) is 0 Å². The molecular weight excluding hydrogens is 292 g/mol. The maximum atomic E-state index is 12.2. The fourth-order valence-electron chi connectivity index (χ4n) is 1.94. The highest BCUT2D eigenvalue weighted by Gasteiger charge is 2.26. The zero-order valence-electron chi connectivity index (χ0n) is 11.6. The first-order valence-corrected chi connectivity index (χ1v) is 6.86. The Hall–Kier alpha value is -2.14. The van der Waals surface area contributed by atoms with Gasteiger partial charge in [0.15, 0.2) is 0 Å². The van der Waals surface area contributed by atoms with E-state index in [-0.39, 0.29) is 5.91 Å². The van der Waals surface area contributed by atoms with E-state index in [0.29, 0.717) is 16.2 Å². The molecular formula is C15H15ClN2O3. The number of amides is 1. The number of halogens is 1. The second-order valence-electron chi connectivity index (χ2n) is 4.93.